The Bertz CT molecular complexity index is 810. The minimum absolute atomic E-state index is 0.128. The van der Waals surface area contributed by atoms with Crippen molar-refractivity contribution in [1.82, 2.24) is 10.2 Å². The van der Waals surface area contributed by atoms with E-state index in [1.54, 1.807) is 38.1 Å². The number of amides is 4. The first kappa shape index (κ1) is 19.9. The van der Waals surface area contributed by atoms with Crippen molar-refractivity contribution in [3.63, 3.8) is 0 Å². The van der Waals surface area contributed by atoms with Crippen LogP contribution in [0.2, 0.25) is 0 Å². The zero-order chi connectivity index (χ0) is 20.2. The highest BCUT2D eigenvalue weighted by molar-refractivity contribution is 6.06. The van der Waals surface area contributed by atoms with Gasteiger partial charge in [-0.1, -0.05) is 0 Å². The summed E-state index contributed by atoms with van der Waals surface area (Å²) in [7, 11) is 0. The Balaban J connectivity index is 1.82. The van der Waals surface area contributed by atoms with E-state index in [-0.39, 0.29) is 13.0 Å². The molecule has 2 rings (SSSR count). The molecule has 1 saturated heterocycles. The number of nitrogens with one attached hydrogen (secondary N) is 2. The van der Waals surface area contributed by atoms with Crippen LogP contribution in [0.3, 0.4) is 0 Å². The number of nitriles is 1. The first-order chi connectivity index (χ1) is 12.6. The number of anilines is 1. The Hall–Kier alpha value is -3.41. The number of urea groups is 1. The van der Waals surface area contributed by atoms with E-state index in [4.69, 9.17) is 10.00 Å². The Labute approximate surface area is 156 Å². The summed E-state index contributed by atoms with van der Waals surface area (Å²) in [6.07, 6.45) is -1.28. The second-order valence-electron chi connectivity index (χ2n) is 6.57. The van der Waals surface area contributed by atoms with Crippen LogP contribution in [0.25, 0.3) is 0 Å². The number of imide groups is 1. The molecular formula is C18H20N4O5. The fraction of sp³-hybridized carbons (Fsp3) is 0.389. The highest BCUT2D eigenvalue weighted by Gasteiger charge is 2.44. The molecule has 142 valence electrons. The maximum absolute atomic E-state index is 12.1. The van der Waals surface area contributed by atoms with Crippen molar-refractivity contribution in [2.45, 2.75) is 38.8 Å². The number of carbonyl (C=O) groups is 4. The molecule has 9 heteroatoms. The summed E-state index contributed by atoms with van der Waals surface area (Å²) in [5.74, 6) is -1.67. The lowest BCUT2D eigenvalue weighted by Gasteiger charge is -2.17. The maximum Gasteiger partial charge on any atom is 0.325 e. The quantitative estimate of drug-likeness (QED) is 0.569. The Kier molecular flexibility index (Phi) is 5.80. The number of ether oxygens (including phenoxy) is 1. The van der Waals surface area contributed by atoms with Gasteiger partial charge < -0.3 is 15.4 Å². The average Bonchev–Trinajstić information content (AvgIpc) is 2.81. The number of rotatable bonds is 6. The molecule has 2 N–H and O–H groups in total. The molecule has 1 aromatic carbocycles. The van der Waals surface area contributed by atoms with E-state index in [1.165, 1.54) is 6.92 Å². The molecule has 1 aliphatic rings. The van der Waals surface area contributed by atoms with E-state index >= 15 is 0 Å². The van der Waals surface area contributed by atoms with Gasteiger partial charge in [0, 0.05) is 12.2 Å². The van der Waals surface area contributed by atoms with E-state index in [1.807, 2.05) is 6.07 Å². The van der Waals surface area contributed by atoms with Crippen molar-refractivity contribution in [1.29, 1.82) is 5.26 Å². The van der Waals surface area contributed by atoms with E-state index < -0.39 is 35.5 Å². The molecule has 0 radical (unpaired) electrons. The second kappa shape index (κ2) is 7.86. The smallest absolute Gasteiger partial charge is 0.325 e. The fourth-order valence-electron chi connectivity index (χ4n) is 2.41. The molecule has 1 atom stereocenters. The van der Waals surface area contributed by atoms with Crippen LogP contribution in [0.1, 0.15) is 32.8 Å². The average molecular weight is 372 g/mol. The lowest BCUT2D eigenvalue weighted by Crippen LogP contribution is -2.40. The molecule has 9 nitrogen and oxygen atoms in total. The Morgan fingerprint density at radius 1 is 1.30 bits per heavy atom. The summed E-state index contributed by atoms with van der Waals surface area (Å²) >= 11 is 0. The van der Waals surface area contributed by atoms with Gasteiger partial charge in [0.05, 0.1) is 18.1 Å². The van der Waals surface area contributed by atoms with E-state index in [9.17, 15) is 19.2 Å². The minimum Gasteiger partial charge on any atom is -0.452 e. The third-order valence-electron chi connectivity index (χ3n) is 3.94. The SMILES string of the molecule is C[C@@H](OC(=O)CCN1C(=O)NC(C)(C)C1=O)C(=O)Nc1ccc(C#N)cc1. The summed E-state index contributed by atoms with van der Waals surface area (Å²) < 4.78 is 5.04. The van der Waals surface area contributed by atoms with E-state index in [2.05, 4.69) is 10.6 Å². The molecule has 1 heterocycles. The molecule has 0 unspecified atom stereocenters. The third kappa shape index (κ3) is 4.82. The lowest BCUT2D eigenvalue weighted by atomic mass is 10.1. The van der Waals surface area contributed by atoms with Gasteiger partial charge in [0.15, 0.2) is 6.10 Å². The highest BCUT2D eigenvalue weighted by Crippen LogP contribution is 2.17. The molecule has 0 saturated carbocycles. The van der Waals surface area contributed by atoms with Crippen molar-refractivity contribution in [2.24, 2.45) is 0 Å². The summed E-state index contributed by atoms with van der Waals surface area (Å²) in [5.41, 5.74) is -0.0884. The van der Waals surface area contributed by atoms with Crippen LogP contribution < -0.4 is 10.6 Å². The van der Waals surface area contributed by atoms with Crippen LogP contribution in [0.15, 0.2) is 24.3 Å². The van der Waals surface area contributed by atoms with Gasteiger partial charge in [-0.05, 0) is 45.0 Å². The number of nitrogens with zero attached hydrogens (tertiary/aromatic N) is 2. The van der Waals surface area contributed by atoms with Crippen molar-refractivity contribution < 1.29 is 23.9 Å². The summed E-state index contributed by atoms with van der Waals surface area (Å²) in [6, 6.07) is 7.62. The number of hydrogen-bond acceptors (Lipinski definition) is 6. The number of carbonyl (C=O) groups excluding carboxylic acids is 4. The van der Waals surface area contributed by atoms with Crippen molar-refractivity contribution in [3.05, 3.63) is 29.8 Å². The standard InChI is InChI=1S/C18H20N4O5/c1-11(15(24)20-13-6-4-12(10-19)5-7-13)27-14(23)8-9-22-16(25)18(2,3)21-17(22)26/h4-7,11H,8-9H2,1-3H3,(H,20,24)(H,21,26)/t11-/m1/s1. The monoisotopic (exact) mass is 372 g/mol. The zero-order valence-corrected chi connectivity index (χ0v) is 15.2. The van der Waals surface area contributed by atoms with Gasteiger partial charge in [-0.2, -0.15) is 5.26 Å². The maximum atomic E-state index is 12.1. The molecule has 4 amide bonds. The summed E-state index contributed by atoms with van der Waals surface area (Å²) in [5, 5.41) is 13.8. The van der Waals surface area contributed by atoms with Gasteiger partial charge >= 0.3 is 12.0 Å². The minimum atomic E-state index is -1.06. The topological polar surface area (TPSA) is 129 Å². The van der Waals surface area contributed by atoms with Crippen LogP contribution in [-0.4, -0.2) is 46.9 Å². The van der Waals surface area contributed by atoms with Crippen molar-refractivity contribution >= 4 is 29.5 Å². The van der Waals surface area contributed by atoms with Crippen molar-refractivity contribution in [2.75, 3.05) is 11.9 Å². The van der Waals surface area contributed by atoms with Gasteiger partial charge in [-0.15, -0.1) is 0 Å². The Morgan fingerprint density at radius 3 is 2.44 bits per heavy atom. The first-order valence-corrected chi connectivity index (χ1v) is 8.28. The predicted octanol–water partition coefficient (Wildman–Crippen LogP) is 1.15. The molecular weight excluding hydrogens is 352 g/mol. The normalized spacial score (nSPS) is 16.3. The Morgan fingerprint density at radius 2 is 1.93 bits per heavy atom. The van der Waals surface area contributed by atoms with Gasteiger partial charge in [-0.3, -0.25) is 19.3 Å². The van der Waals surface area contributed by atoms with Gasteiger partial charge in [0.2, 0.25) is 0 Å². The van der Waals surface area contributed by atoms with Crippen LogP contribution in [-0.2, 0) is 19.1 Å². The first-order valence-electron chi connectivity index (χ1n) is 8.28. The number of hydrogen-bond donors (Lipinski definition) is 2. The van der Waals surface area contributed by atoms with Crippen LogP contribution >= 0.6 is 0 Å². The van der Waals surface area contributed by atoms with Gasteiger partial charge in [0.25, 0.3) is 11.8 Å². The number of esters is 1. The molecule has 0 spiro atoms. The van der Waals surface area contributed by atoms with Crippen LogP contribution in [0.4, 0.5) is 10.5 Å². The second-order valence-corrected chi connectivity index (χ2v) is 6.57. The summed E-state index contributed by atoms with van der Waals surface area (Å²) in [6.45, 7) is 4.42. The molecule has 1 fully saturated rings. The number of benzene rings is 1. The predicted molar refractivity (Wildman–Crippen MR) is 94.3 cm³/mol. The molecule has 0 bridgehead atoms. The van der Waals surface area contributed by atoms with E-state index in [0.717, 1.165) is 4.90 Å². The molecule has 1 aromatic rings. The molecule has 0 aromatic heterocycles. The van der Waals surface area contributed by atoms with Gasteiger partial charge in [-0.25, -0.2) is 4.79 Å². The molecule has 27 heavy (non-hydrogen) atoms. The fourth-order valence-corrected chi connectivity index (χ4v) is 2.41. The zero-order valence-electron chi connectivity index (χ0n) is 15.2. The molecule has 0 aliphatic carbocycles. The van der Waals surface area contributed by atoms with Crippen molar-refractivity contribution in [3.8, 4) is 6.07 Å². The van der Waals surface area contributed by atoms with Crippen LogP contribution in [0.5, 0.6) is 0 Å². The molecule has 1 aliphatic heterocycles. The third-order valence-corrected chi connectivity index (χ3v) is 3.94. The lowest BCUT2D eigenvalue weighted by molar-refractivity contribution is -0.153. The summed E-state index contributed by atoms with van der Waals surface area (Å²) in [4.78, 5) is 48.7. The largest absolute Gasteiger partial charge is 0.452 e. The van der Waals surface area contributed by atoms with E-state index in [0.29, 0.717) is 11.3 Å². The highest BCUT2D eigenvalue weighted by atomic mass is 16.5. The van der Waals surface area contributed by atoms with Gasteiger partial charge in [0.1, 0.15) is 5.54 Å². The van der Waals surface area contributed by atoms with Crippen LogP contribution in [0, 0.1) is 11.3 Å².